The Bertz CT molecular complexity index is 1060. The second-order valence-corrected chi connectivity index (χ2v) is 9.05. The summed E-state index contributed by atoms with van der Waals surface area (Å²) < 4.78 is 2.17. The van der Waals surface area contributed by atoms with E-state index in [-0.39, 0.29) is 17.2 Å². The molecule has 1 aliphatic carbocycles. The topological polar surface area (TPSA) is 79.7 Å². The van der Waals surface area contributed by atoms with Gasteiger partial charge in [-0.25, -0.2) is 0 Å². The Morgan fingerprint density at radius 1 is 1.23 bits per heavy atom. The summed E-state index contributed by atoms with van der Waals surface area (Å²) in [7, 11) is 0. The average molecular weight is 419 g/mol. The van der Waals surface area contributed by atoms with Crippen LogP contribution in [0.5, 0.6) is 0 Å². The molecule has 1 N–H and O–H groups in total. The summed E-state index contributed by atoms with van der Waals surface area (Å²) in [6.07, 6.45) is 7.41. The van der Waals surface area contributed by atoms with Crippen LogP contribution in [0.3, 0.4) is 0 Å². The SMILES string of the molecule is CCCn1cnnc1C1CN(C(=O)c2cc(-c3ccc(CC)cc3)n[nH]2)CC12CCC2. The average Bonchev–Trinajstić information content (AvgIpc) is 3.51. The van der Waals surface area contributed by atoms with E-state index in [1.807, 2.05) is 17.3 Å². The minimum Gasteiger partial charge on any atom is -0.336 e. The molecule has 1 saturated heterocycles. The first-order valence-corrected chi connectivity index (χ1v) is 11.4. The lowest BCUT2D eigenvalue weighted by Crippen LogP contribution is -2.38. The van der Waals surface area contributed by atoms with Crippen LogP contribution < -0.4 is 0 Å². The van der Waals surface area contributed by atoms with E-state index in [1.54, 1.807) is 0 Å². The fraction of sp³-hybridized carbons (Fsp3) is 0.500. The van der Waals surface area contributed by atoms with E-state index in [0.717, 1.165) is 55.9 Å². The van der Waals surface area contributed by atoms with Crippen LogP contribution in [0.25, 0.3) is 11.3 Å². The number of benzene rings is 1. The summed E-state index contributed by atoms with van der Waals surface area (Å²) in [5.41, 5.74) is 3.82. The molecule has 1 aromatic carbocycles. The summed E-state index contributed by atoms with van der Waals surface area (Å²) in [5.74, 6) is 1.32. The second-order valence-electron chi connectivity index (χ2n) is 9.05. The van der Waals surface area contributed by atoms with Crippen LogP contribution in [0.1, 0.15) is 67.3 Å². The van der Waals surface area contributed by atoms with E-state index < -0.39 is 0 Å². The maximum atomic E-state index is 13.4. The molecule has 2 aliphatic rings. The van der Waals surface area contributed by atoms with E-state index in [2.05, 4.69) is 63.1 Å². The number of likely N-dealkylation sites (tertiary alicyclic amines) is 1. The van der Waals surface area contributed by atoms with Crippen molar-refractivity contribution in [2.45, 2.75) is 58.4 Å². The third-order valence-electron chi connectivity index (χ3n) is 7.17. The minimum atomic E-state index is 0.0271. The first kappa shape index (κ1) is 20.0. The molecule has 2 aromatic heterocycles. The zero-order valence-corrected chi connectivity index (χ0v) is 18.3. The van der Waals surface area contributed by atoms with Gasteiger partial charge in [0.1, 0.15) is 17.8 Å². The number of hydrogen-bond donors (Lipinski definition) is 1. The van der Waals surface area contributed by atoms with Gasteiger partial charge in [0.15, 0.2) is 0 Å². The van der Waals surface area contributed by atoms with Crippen LogP contribution in [0, 0.1) is 5.41 Å². The number of aryl methyl sites for hydroxylation is 2. The molecule has 1 spiro atoms. The molecule has 1 unspecified atom stereocenters. The molecular weight excluding hydrogens is 388 g/mol. The summed E-state index contributed by atoms with van der Waals surface area (Å²) in [5, 5.41) is 16.0. The van der Waals surface area contributed by atoms with Crippen molar-refractivity contribution in [1.82, 2.24) is 29.9 Å². The van der Waals surface area contributed by atoms with Crippen molar-refractivity contribution in [2.24, 2.45) is 5.41 Å². The van der Waals surface area contributed by atoms with E-state index in [9.17, 15) is 4.79 Å². The lowest BCUT2D eigenvalue weighted by molar-refractivity contribution is 0.0718. The van der Waals surface area contributed by atoms with Crippen molar-refractivity contribution in [3.63, 3.8) is 0 Å². The third-order valence-corrected chi connectivity index (χ3v) is 7.17. The molecule has 3 heterocycles. The van der Waals surface area contributed by atoms with Gasteiger partial charge in [-0.3, -0.25) is 9.89 Å². The quantitative estimate of drug-likeness (QED) is 0.655. The van der Waals surface area contributed by atoms with Gasteiger partial charge in [0.25, 0.3) is 5.91 Å². The summed E-state index contributed by atoms with van der Waals surface area (Å²) in [6.45, 7) is 6.71. The lowest BCUT2D eigenvalue weighted by atomic mass is 9.62. The molecule has 3 aromatic rings. The third kappa shape index (κ3) is 3.46. The highest BCUT2D eigenvalue weighted by atomic mass is 16.2. The normalized spacial score (nSPS) is 19.7. The number of aromatic nitrogens is 5. The van der Waals surface area contributed by atoms with Gasteiger partial charge in [-0.15, -0.1) is 10.2 Å². The van der Waals surface area contributed by atoms with Crippen LogP contribution in [-0.2, 0) is 13.0 Å². The van der Waals surface area contributed by atoms with Crippen LogP contribution in [0.2, 0.25) is 0 Å². The van der Waals surface area contributed by atoms with Crippen LogP contribution in [-0.4, -0.2) is 48.9 Å². The smallest absolute Gasteiger partial charge is 0.271 e. The highest BCUT2D eigenvalue weighted by Crippen LogP contribution is 2.55. The van der Waals surface area contributed by atoms with Crippen molar-refractivity contribution >= 4 is 5.91 Å². The molecule has 5 rings (SSSR count). The van der Waals surface area contributed by atoms with Gasteiger partial charge >= 0.3 is 0 Å². The van der Waals surface area contributed by atoms with Crippen molar-refractivity contribution in [3.8, 4) is 11.3 Å². The predicted octanol–water partition coefficient (Wildman–Crippen LogP) is 4.05. The Morgan fingerprint density at radius 3 is 2.71 bits per heavy atom. The molecule has 7 nitrogen and oxygen atoms in total. The van der Waals surface area contributed by atoms with Crippen LogP contribution in [0.4, 0.5) is 0 Å². The van der Waals surface area contributed by atoms with Gasteiger partial charge in [-0.05, 0) is 42.7 Å². The number of nitrogens with one attached hydrogen (secondary N) is 1. The van der Waals surface area contributed by atoms with Crippen molar-refractivity contribution < 1.29 is 4.79 Å². The number of amides is 1. The highest BCUT2D eigenvalue weighted by molar-refractivity contribution is 5.93. The zero-order chi connectivity index (χ0) is 21.4. The zero-order valence-electron chi connectivity index (χ0n) is 18.3. The first-order valence-electron chi connectivity index (χ1n) is 11.4. The molecule has 31 heavy (non-hydrogen) atoms. The number of hydrogen-bond acceptors (Lipinski definition) is 4. The largest absolute Gasteiger partial charge is 0.336 e. The van der Waals surface area contributed by atoms with Crippen LogP contribution in [0.15, 0.2) is 36.7 Å². The summed E-state index contributed by atoms with van der Waals surface area (Å²) in [6, 6.07) is 10.2. The summed E-state index contributed by atoms with van der Waals surface area (Å²) >= 11 is 0. The van der Waals surface area contributed by atoms with E-state index in [1.165, 1.54) is 12.0 Å². The number of carbonyl (C=O) groups excluding carboxylic acids is 1. The maximum Gasteiger partial charge on any atom is 0.271 e. The number of H-pyrrole nitrogens is 1. The van der Waals surface area contributed by atoms with Gasteiger partial charge in [0, 0.05) is 31.1 Å². The van der Waals surface area contributed by atoms with Gasteiger partial charge < -0.3 is 9.47 Å². The van der Waals surface area contributed by atoms with Crippen molar-refractivity contribution in [1.29, 1.82) is 0 Å². The van der Waals surface area contributed by atoms with Gasteiger partial charge in [0.05, 0.1) is 5.69 Å². The Labute approximate surface area is 182 Å². The monoisotopic (exact) mass is 418 g/mol. The number of carbonyl (C=O) groups is 1. The number of aromatic amines is 1. The molecule has 162 valence electrons. The second kappa shape index (κ2) is 7.94. The molecule has 0 bridgehead atoms. The molecule has 1 amide bonds. The molecule has 0 radical (unpaired) electrons. The van der Waals surface area contributed by atoms with Gasteiger partial charge in [-0.2, -0.15) is 5.10 Å². The Hall–Kier alpha value is -2.96. The van der Waals surface area contributed by atoms with Crippen LogP contribution >= 0.6 is 0 Å². The Balaban J connectivity index is 1.36. The first-order chi connectivity index (χ1) is 15.1. The van der Waals surface area contributed by atoms with Crippen molar-refractivity contribution in [3.05, 3.63) is 53.7 Å². The predicted molar refractivity (Wildman–Crippen MR) is 119 cm³/mol. The lowest BCUT2D eigenvalue weighted by Gasteiger charge is -2.42. The fourth-order valence-electron chi connectivity index (χ4n) is 5.22. The highest BCUT2D eigenvalue weighted by Gasteiger charge is 2.53. The van der Waals surface area contributed by atoms with Gasteiger partial charge in [0.2, 0.25) is 0 Å². The van der Waals surface area contributed by atoms with Crippen molar-refractivity contribution in [2.75, 3.05) is 13.1 Å². The molecule has 2 fully saturated rings. The van der Waals surface area contributed by atoms with E-state index >= 15 is 0 Å². The molecule has 7 heteroatoms. The molecule has 1 aliphatic heterocycles. The van der Waals surface area contributed by atoms with Gasteiger partial charge in [-0.1, -0.05) is 44.5 Å². The Morgan fingerprint density at radius 2 is 2.03 bits per heavy atom. The number of rotatable bonds is 6. The number of nitrogens with zero attached hydrogens (tertiary/aromatic N) is 5. The fourth-order valence-corrected chi connectivity index (χ4v) is 5.22. The summed E-state index contributed by atoms with van der Waals surface area (Å²) in [4.78, 5) is 15.3. The molecule has 1 saturated carbocycles. The minimum absolute atomic E-state index is 0.0271. The molecule has 1 atom stereocenters. The van der Waals surface area contributed by atoms with E-state index in [0.29, 0.717) is 12.2 Å². The Kier molecular flexibility index (Phi) is 5.12. The molecular formula is C24H30N6O. The maximum absolute atomic E-state index is 13.4. The standard InChI is InChI=1S/C24H30N6O/c1-3-12-29-16-25-28-22(29)19-14-30(15-24(19)10-5-11-24)23(31)21-13-20(26-27-21)18-8-6-17(4-2)7-9-18/h6-9,13,16,19H,3-5,10-12,14-15H2,1-2H3,(H,26,27). The van der Waals surface area contributed by atoms with E-state index in [4.69, 9.17) is 0 Å².